The number of thioether (sulfide) groups is 1. The molecule has 3 saturated heterocycles. The van der Waals surface area contributed by atoms with Gasteiger partial charge in [0.1, 0.15) is 11.5 Å². The van der Waals surface area contributed by atoms with Gasteiger partial charge in [0.2, 0.25) is 5.91 Å². The number of ketones is 1. The van der Waals surface area contributed by atoms with E-state index < -0.39 is 5.97 Å². The third-order valence-electron chi connectivity index (χ3n) is 7.80. The van der Waals surface area contributed by atoms with Crippen LogP contribution in [-0.4, -0.2) is 82.7 Å². The number of carbonyl (C=O) groups excluding carboxylic acids is 2. The normalized spacial score (nSPS) is 34.2. The van der Waals surface area contributed by atoms with Crippen LogP contribution in [0.5, 0.6) is 0 Å². The molecule has 1 unspecified atom stereocenters. The number of Topliss-reactive ketones (excluding diaryl/α,β-unsaturated/α-hetero) is 1. The van der Waals surface area contributed by atoms with E-state index in [1.54, 1.807) is 18.7 Å². The molecule has 2 N–H and O–H groups in total. The van der Waals surface area contributed by atoms with Gasteiger partial charge in [0.05, 0.1) is 44.7 Å². The number of quaternary nitrogens is 1. The van der Waals surface area contributed by atoms with Gasteiger partial charge in [-0.15, -0.1) is 11.8 Å². The lowest BCUT2D eigenvalue weighted by Gasteiger charge is -2.47. The number of carboxylic acid groups (broad SMARTS) is 1. The number of nitrogens with one attached hydrogen (secondary N) is 1. The van der Waals surface area contributed by atoms with Gasteiger partial charge in [0.25, 0.3) is 0 Å². The lowest BCUT2D eigenvalue weighted by Crippen LogP contribution is -3.00. The van der Waals surface area contributed by atoms with E-state index >= 15 is 0 Å². The quantitative estimate of drug-likeness (QED) is 0.221. The summed E-state index contributed by atoms with van der Waals surface area (Å²) < 4.78 is 1.13. The van der Waals surface area contributed by atoms with Crippen molar-refractivity contribution in [2.75, 3.05) is 33.2 Å². The highest BCUT2D eigenvalue weighted by Crippen LogP contribution is 2.53. The maximum Gasteiger partial charge on any atom is 0.353 e. The Morgan fingerprint density at radius 1 is 1.31 bits per heavy atom. The molecule has 3 fully saturated rings. The second-order valence-corrected chi connectivity index (χ2v) is 11.8. The lowest BCUT2D eigenvalue weighted by atomic mass is 9.73. The predicted octanol–water partition coefficient (Wildman–Crippen LogP) is -0.917. The highest BCUT2D eigenvalue weighted by atomic mass is 127. The number of hydrogen-bond donors (Lipinski definition) is 2. The van der Waals surface area contributed by atoms with Crippen molar-refractivity contribution in [3.05, 3.63) is 10.6 Å². The minimum Gasteiger partial charge on any atom is -1.00 e. The predicted molar refractivity (Wildman–Crippen MR) is 120 cm³/mol. The number of halogens is 1. The van der Waals surface area contributed by atoms with Gasteiger partial charge < -0.3 is 48.6 Å². The van der Waals surface area contributed by atoms with Crippen LogP contribution >= 0.6 is 11.8 Å². The van der Waals surface area contributed by atoms with Crippen molar-refractivity contribution in [2.45, 2.75) is 63.8 Å². The number of β-lactam (4-membered cyclic amide) rings is 1. The zero-order chi connectivity index (χ0) is 22.5. The summed E-state index contributed by atoms with van der Waals surface area (Å²) in [6, 6.07) is 0.336. The first-order valence-corrected chi connectivity index (χ1v) is 12.5. The second-order valence-electron chi connectivity index (χ2n) is 10.5. The van der Waals surface area contributed by atoms with Crippen LogP contribution in [0.3, 0.4) is 0 Å². The van der Waals surface area contributed by atoms with E-state index in [1.165, 1.54) is 30.8 Å². The standard InChI is InChI=1S/C23H35N3O4S.HI/c1-13(9-14(2)27)18-19-15(3)21(20(23(29)30)25(19)22(18)28)31-17-10-16(24-11-17)12-26(4)7-5-6-8-26;/h13,15-19,24H,5-12H2,1-4H3;1H/t13-,15+,16?,17-,18+,19+;/m0./s1. The largest absolute Gasteiger partial charge is 1.00 e. The highest BCUT2D eigenvalue weighted by Gasteiger charge is 2.60. The van der Waals surface area contributed by atoms with Crippen LogP contribution in [0.25, 0.3) is 0 Å². The summed E-state index contributed by atoms with van der Waals surface area (Å²) in [5, 5.41) is 13.9. The van der Waals surface area contributed by atoms with Crippen molar-refractivity contribution in [1.82, 2.24) is 10.2 Å². The number of aliphatic carboxylic acids is 1. The molecule has 4 aliphatic heterocycles. The molecule has 1 amide bonds. The smallest absolute Gasteiger partial charge is 0.353 e. The molecule has 0 aliphatic carbocycles. The highest BCUT2D eigenvalue weighted by molar-refractivity contribution is 8.03. The number of hydrogen-bond acceptors (Lipinski definition) is 5. The zero-order valence-corrected chi connectivity index (χ0v) is 22.4. The molecular formula is C23H36IN3O4S. The van der Waals surface area contributed by atoms with Gasteiger partial charge in [0, 0.05) is 41.9 Å². The van der Waals surface area contributed by atoms with Crippen LogP contribution in [0, 0.1) is 17.8 Å². The van der Waals surface area contributed by atoms with E-state index in [4.69, 9.17) is 0 Å². The van der Waals surface area contributed by atoms with Crippen molar-refractivity contribution in [1.29, 1.82) is 0 Å². The van der Waals surface area contributed by atoms with E-state index in [0.717, 1.165) is 28.9 Å². The fourth-order valence-electron chi connectivity index (χ4n) is 6.35. The first-order chi connectivity index (χ1) is 14.6. The molecule has 0 radical (unpaired) electrons. The molecule has 0 spiro atoms. The number of likely N-dealkylation sites (tertiary alicyclic amines) is 1. The first kappa shape index (κ1) is 26.0. The maximum atomic E-state index is 12.9. The fourth-order valence-corrected chi connectivity index (χ4v) is 7.87. The summed E-state index contributed by atoms with van der Waals surface area (Å²) in [5.41, 5.74) is 0.181. The Bertz CT molecular complexity index is 813. The van der Waals surface area contributed by atoms with E-state index in [0.29, 0.717) is 17.7 Å². The number of amides is 1. The van der Waals surface area contributed by atoms with Gasteiger partial charge in [-0.25, -0.2) is 4.79 Å². The van der Waals surface area contributed by atoms with Crippen LogP contribution in [-0.2, 0) is 14.4 Å². The molecule has 7 nitrogen and oxygen atoms in total. The Labute approximate surface area is 212 Å². The molecule has 180 valence electrons. The number of fused-ring (bicyclic) bond motifs is 1. The van der Waals surface area contributed by atoms with Crippen molar-refractivity contribution < 1.29 is 47.9 Å². The fraction of sp³-hybridized carbons (Fsp3) is 0.783. The summed E-state index contributed by atoms with van der Waals surface area (Å²) in [4.78, 5) is 38.9. The Balaban J connectivity index is 0.00000289. The van der Waals surface area contributed by atoms with Crippen LogP contribution in [0.1, 0.15) is 46.5 Å². The van der Waals surface area contributed by atoms with Crippen molar-refractivity contribution in [3.63, 3.8) is 0 Å². The number of carboxylic acids is 1. The Kier molecular flexibility index (Phi) is 8.04. The molecule has 4 aliphatic rings. The molecule has 6 atom stereocenters. The van der Waals surface area contributed by atoms with Crippen LogP contribution < -0.4 is 29.3 Å². The summed E-state index contributed by atoms with van der Waals surface area (Å²) in [7, 11) is 2.35. The van der Waals surface area contributed by atoms with E-state index in [9.17, 15) is 19.5 Å². The number of rotatable bonds is 8. The molecule has 9 heteroatoms. The average Bonchev–Trinajstić information content (AvgIpc) is 3.34. The Hall–Kier alpha value is -0.650. The van der Waals surface area contributed by atoms with Crippen molar-refractivity contribution in [3.8, 4) is 0 Å². The summed E-state index contributed by atoms with van der Waals surface area (Å²) in [6.07, 6.45) is 4.01. The molecular weight excluding hydrogens is 541 g/mol. The van der Waals surface area contributed by atoms with Gasteiger partial charge in [-0.1, -0.05) is 13.8 Å². The van der Waals surface area contributed by atoms with Crippen molar-refractivity contribution >= 4 is 29.4 Å². The number of likely N-dealkylation sites (N-methyl/N-ethyl adjacent to an activating group) is 1. The molecule has 4 rings (SSSR count). The van der Waals surface area contributed by atoms with Crippen LogP contribution in [0.15, 0.2) is 10.6 Å². The maximum absolute atomic E-state index is 12.9. The third kappa shape index (κ3) is 4.77. The summed E-state index contributed by atoms with van der Waals surface area (Å²) in [5.74, 6) is -1.40. The first-order valence-electron chi connectivity index (χ1n) is 11.6. The third-order valence-corrected chi connectivity index (χ3v) is 9.31. The second kappa shape index (κ2) is 9.92. The summed E-state index contributed by atoms with van der Waals surface area (Å²) >= 11 is 1.67. The SMILES string of the molecule is CC(=O)C[C@H](C)[C@H]1C(=O)N2C(C(=O)O)=C(S[C@@H]3CNC(C[N+]4(C)CCCC4)C3)[C@H](C)[C@H]12.[I-]. The molecule has 32 heavy (non-hydrogen) atoms. The molecule has 0 bridgehead atoms. The number of carbonyl (C=O) groups is 3. The monoisotopic (exact) mass is 577 g/mol. The van der Waals surface area contributed by atoms with Gasteiger partial charge in [-0.05, 0) is 19.3 Å². The van der Waals surface area contributed by atoms with Gasteiger partial charge >= 0.3 is 5.97 Å². The minimum atomic E-state index is -1.01. The van der Waals surface area contributed by atoms with Gasteiger partial charge in [0.15, 0.2) is 0 Å². The average molecular weight is 578 g/mol. The Morgan fingerprint density at radius 3 is 2.56 bits per heavy atom. The van der Waals surface area contributed by atoms with Gasteiger partial charge in [-0.2, -0.15) is 0 Å². The number of nitrogens with zero attached hydrogens (tertiary/aromatic N) is 2. The molecule has 4 heterocycles. The van der Waals surface area contributed by atoms with Crippen LogP contribution in [0.2, 0.25) is 0 Å². The lowest BCUT2D eigenvalue weighted by molar-refractivity contribution is -0.898. The minimum absolute atomic E-state index is 0. The van der Waals surface area contributed by atoms with Crippen LogP contribution in [0.4, 0.5) is 0 Å². The van der Waals surface area contributed by atoms with Crippen molar-refractivity contribution in [2.24, 2.45) is 17.8 Å². The molecule has 0 saturated carbocycles. The molecule has 0 aromatic carbocycles. The van der Waals surface area contributed by atoms with Gasteiger partial charge in [-0.3, -0.25) is 4.79 Å². The topological polar surface area (TPSA) is 86.7 Å². The zero-order valence-electron chi connectivity index (χ0n) is 19.5. The Morgan fingerprint density at radius 2 is 1.97 bits per heavy atom. The molecule has 0 aromatic rings. The van der Waals surface area contributed by atoms with E-state index in [2.05, 4.69) is 12.4 Å². The van der Waals surface area contributed by atoms with E-state index in [1.807, 2.05) is 13.8 Å². The molecule has 0 aromatic heterocycles. The summed E-state index contributed by atoms with van der Waals surface area (Å²) in [6.45, 7) is 10.0. The van der Waals surface area contributed by atoms with E-state index in [-0.39, 0.29) is 65.2 Å².